The summed E-state index contributed by atoms with van der Waals surface area (Å²) in [5, 5.41) is 1.49. The van der Waals surface area contributed by atoms with Crippen molar-refractivity contribution < 1.29 is 22.7 Å². The van der Waals surface area contributed by atoms with Gasteiger partial charge in [-0.1, -0.05) is 30.7 Å². The van der Waals surface area contributed by atoms with Crippen LogP contribution in [0.25, 0.3) is 10.1 Å². The van der Waals surface area contributed by atoms with Gasteiger partial charge < -0.3 is 9.47 Å². The molecule has 1 aromatic heterocycles. The van der Waals surface area contributed by atoms with Crippen LogP contribution < -0.4 is 4.74 Å². The fourth-order valence-electron chi connectivity index (χ4n) is 3.86. The lowest BCUT2D eigenvalue weighted by Crippen LogP contribution is -2.32. The third-order valence-electron chi connectivity index (χ3n) is 5.72. The van der Waals surface area contributed by atoms with Gasteiger partial charge in [-0.3, -0.25) is 4.79 Å². The highest BCUT2D eigenvalue weighted by Gasteiger charge is 2.28. The van der Waals surface area contributed by atoms with Crippen molar-refractivity contribution in [1.29, 1.82) is 0 Å². The lowest BCUT2D eigenvalue weighted by molar-refractivity contribution is -0.140. The average molecular weight is 538 g/mol. The Hall–Kier alpha value is -2.13. The molecule has 2 aromatic carbocycles. The van der Waals surface area contributed by atoms with E-state index >= 15 is 0 Å². The molecule has 190 valence electrons. The van der Waals surface area contributed by atoms with Crippen LogP contribution in [0.2, 0.25) is 5.02 Å². The van der Waals surface area contributed by atoms with Crippen LogP contribution in [-0.2, 0) is 26.0 Å². The van der Waals surface area contributed by atoms with Crippen LogP contribution in [0.4, 0.5) is 0 Å². The Bertz CT molecular complexity index is 1260. The van der Waals surface area contributed by atoms with Crippen molar-refractivity contribution in [3.05, 3.63) is 58.6 Å². The molecule has 0 aliphatic heterocycles. The Morgan fingerprint density at radius 2 is 1.91 bits per heavy atom. The molecular weight excluding hydrogens is 506 g/mol. The molecule has 3 rings (SSSR count). The van der Waals surface area contributed by atoms with E-state index < -0.39 is 10.0 Å². The number of fused-ring (bicyclic) bond motifs is 1. The lowest BCUT2D eigenvalue weighted by Gasteiger charge is -2.21. The second-order valence-corrected chi connectivity index (χ2v) is 12.0. The number of aryl methyl sites for hydroxylation is 2. The van der Waals surface area contributed by atoms with Gasteiger partial charge in [0, 0.05) is 29.2 Å². The number of hydrogen-bond acceptors (Lipinski definition) is 6. The van der Waals surface area contributed by atoms with Gasteiger partial charge in [0.05, 0.1) is 13.7 Å². The van der Waals surface area contributed by atoms with E-state index in [1.54, 1.807) is 10.4 Å². The second-order valence-electron chi connectivity index (χ2n) is 8.34. The zero-order chi connectivity index (χ0) is 25.4. The molecule has 0 radical (unpaired) electrons. The predicted octanol–water partition coefficient (Wildman–Crippen LogP) is 6.23. The van der Waals surface area contributed by atoms with Crippen LogP contribution >= 0.6 is 22.9 Å². The molecule has 3 aromatic rings. The number of esters is 1. The highest BCUT2D eigenvalue weighted by molar-refractivity contribution is 7.91. The number of carbonyl (C=O) groups is 1. The van der Waals surface area contributed by atoms with Crippen LogP contribution in [0.5, 0.6) is 5.75 Å². The SMILES string of the molecule is CCCN(CCCCOc1cccc(CCC(=O)OC)c1)S(=O)(=O)c1sc2ccc(Cl)cc2c1C. The van der Waals surface area contributed by atoms with E-state index in [-0.39, 0.29) is 5.97 Å². The van der Waals surface area contributed by atoms with Gasteiger partial charge >= 0.3 is 5.97 Å². The zero-order valence-electron chi connectivity index (χ0n) is 20.4. The highest BCUT2D eigenvalue weighted by Crippen LogP contribution is 2.37. The molecule has 0 atom stereocenters. The first-order chi connectivity index (χ1) is 16.8. The number of thiophene rings is 1. The van der Waals surface area contributed by atoms with E-state index in [2.05, 4.69) is 4.74 Å². The summed E-state index contributed by atoms with van der Waals surface area (Å²) in [6.45, 7) is 5.23. The average Bonchev–Trinajstić information content (AvgIpc) is 3.18. The molecule has 0 unspecified atom stereocenters. The number of rotatable bonds is 13. The summed E-state index contributed by atoms with van der Waals surface area (Å²) < 4.78 is 40.4. The Balaban J connectivity index is 1.57. The van der Waals surface area contributed by atoms with E-state index in [9.17, 15) is 13.2 Å². The molecular formula is C26H32ClNO5S2. The summed E-state index contributed by atoms with van der Waals surface area (Å²) in [5.74, 6) is 0.502. The van der Waals surface area contributed by atoms with Gasteiger partial charge in [0.25, 0.3) is 10.0 Å². The van der Waals surface area contributed by atoms with Gasteiger partial charge in [-0.25, -0.2) is 8.42 Å². The third-order valence-corrected chi connectivity index (χ3v) is 9.72. The second kappa shape index (κ2) is 12.7. The minimum atomic E-state index is -3.60. The lowest BCUT2D eigenvalue weighted by atomic mass is 10.1. The van der Waals surface area contributed by atoms with Crippen molar-refractivity contribution >= 4 is 49.0 Å². The van der Waals surface area contributed by atoms with Gasteiger partial charge in [0.2, 0.25) is 0 Å². The number of halogens is 1. The maximum atomic E-state index is 13.5. The number of hydrogen-bond donors (Lipinski definition) is 0. The number of carbonyl (C=O) groups excluding carboxylic acids is 1. The monoisotopic (exact) mass is 537 g/mol. The highest BCUT2D eigenvalue weighted by atomic mass is 35.5. The zero-order valence-corrected chi connectivity index (χ0v) is 22.8. The van der Waals surface area contributed by atoms with Crippen molar-refractivity contribution in [2.75, 3.05) is 26.8 Å². The molecule has 9 heteroatoms. The number of methoxy groups -OCH3 is 1. The van der Waals surface area contributed by atoms with Crippen LogP contribution in [0.15, 0.2) is 46.7 Å². The molecule has 0 saturated carbocycles. The number of benzene rings is 2. The van der Waals surface area contributed by atoms with Gasteiger partial charge in [-0.05, 0) is 79.5 Å². The summed E-state index contributed by atoms with van der Waals surface area (Å²) in [7, 11) is -2.22. The van der Waals surface area contributed by atoms with Crippen LogP contribution in [-0.4, -0.2) is 45.5 Å². The fraction of sp³-hybridized carbons (Fsp3) is 0.423. The molecule has 0 saturated heterocycles. The van der Waals surface area contributed by atoms with E-state index in [1.807, 2.05) is 50.2 Å². The molecule has 1 heterocycles. The normalized spacial score (nSPS) is 11.8. The first-order valence-corrected chi connectivity index (χ1v) is 14.4. The summed E-state index contributed by atoms with van der Waals surface area (Å²) in [6, 6.07) is 13.1. The third kappa shape index (κ3) is 7.19. The molecule has 0 fully saturated rings. The summed E-state index contributed by atoms with van der Waals surface area (Å²) in [6.07, 6.45) is 3.08. The molecule has 0 bridgehead atoms. The van der Waals surface area contributed by atoms with Crippen LogP contribution in [0.1, 0.15) is 43.7 Å². The van der Waals surface area contributed by atoms with Crippen molar-refractivity contribution in [2.45, 2.75) is 50.2 Å². The number of ether oxygens (including phenoxy) is 2. The first-order valence-electron chi connectivity index (χ1n) is 11.7. The van der Waals surface area contributed by atoms with Gasteiger partial charge in [0.15, 0.2) is 0 Å². The molecule has 6 nitrogen and oxygen atoms in total. The smallest absolute Gasteiger partial charge is 0.305 e. The number of unbranched alkanes of at least 4 members (excludes halogenated alkanes) is 1. The van der Waals surface area contributed by atoms with Gasteiger partial charge in [-0.2, -0.15) is 4.31 Å². The van der Waals surface area contributed by atoms with Gasteiger partial charge in [0.1, 0.15) is 9.96 Å². The van der Waals surface area contributed by atoms with E-state index in [1.165, 1.54) is 18.4 Å². The molecule has 0 aliphatic rings. The van der Waals surface area contributed by atoms with Crippen LogP contribution in [0, 0.1) is 6.92 Å². The minimum absolute atomic E-state index is 0.238. The summed E-state index contributed by atoms with van der Waals surface area (Å²) in [5.41, 5.74) is 1.76. The topological polar surface area (TPSA) is 72.9 Å². The first kappa shape index (κ1) is 27.5. The molecule has 35 heavy (non-hydrogen) atoms. The number of sulfonamides is 1. The van der Waals surface area contributed by atoms with Gasteiger partial charge in [-0.15, -0.1) is 11.3 Å². The van der Waals surface area contributed by atoms with Crippen molar-refractivity contribution in [3.63, 3.8) is 0 Å². The Morgan fingerprint density at radius 3 is 2.66 bits per heavy atom. The Morgan fingerprint density at radius 1 is 1.11 bits per heavy atom. The maximum Gasteiger partial charge on any atom is 0.305 e. The van der Waals surface area contributed by atoms with E-state index in [0.29, 0.717) is 48.2 Å². The quantitative estimate of drug-likeness (QED) is 0.191. The Labute approximate surface area is 216 Å². The number of nitrogens with zero attached hydrogens (tertiary/aromatic N) is 1. The van der Waals surface area contributed by atoms with Crippen LogP contribution in [0.3, 0.4) is 0 Å². The standard InChI is InChI=1S/C26H32ClNO5S2/c1-4-14-28(35(30,31)26-19(2)23-18-21(27)11-12-24(23)34-26)15-5-6-16-33-22-9-7-8-20(17-22)10-13-25(29)32-3/h7-9,11-12,17-18H,4-6,10,13-16H2,1-3H3. The van der Waals surface area contributed by atoms with Crippen molar-refractivity contribution in [3.8, 4) is 5.75 Å². The minimum Gasteiger partial charge on any atom is -0.494 e. The molecule has 0 amide bonds. The molecule has 0 aliphatic carbocycles. The molecule has 0 spiro atoms. The summed E-state index contributed by atoms with van der Waals surface area (Å²) in [4.78, 5) is 11.3. The molecule has 0 N–H and O–H groups in total. The van der Waals surface area contributed by atoms with Crippen molar-refractivity contribution in [1.82, 2.24) is 4.31 Å². The van der Waals surface area contributed by atoms with E-state index in [0.717, 1.165) is 39.8 Å². The largest absolute Gasteiger partial charge is 0.494 e. The van der Waals surface area contributed by atoms with E-state index in [4.69, 9.17) is 16.3 Å². The fourth-order valence-corrected chi connectivity index (χ4v) is 7.48. The Kier molecular flexibility index (Phi) is 9.98. The summed E-state index contributed by atoms with van der Waals surface area (Å²) >= 11 is 7.43. The maximum absolute atomic E-state index is 13.5. The predicted molar refractivity (Wildman–Crippen MR) is 142 cm³/mol. The van der Waals surface area contributed by atoms with Crippen molar-refractivity contribution in [2.24, 2.45) is 0 Å².